The van der Waals surface area contributed by atoms with Crippen molar-refractivity contribution in [1.29, 1.82) is 0 Å². The fourth-order valence-corrected chi connectivity index (χ4v) is 2.75. The third kappa shape index (κ3) is 3.50. The van der Waals surface area contributed by atoms with Gasteiger partial charge in [-0.1, -0.05) is 12.1 Å². The van der Waals surface area contributed by atoms with Crippen LogP contribution in [0.15, 0.2) is 42.5 Å². The van der Waals surface area contributed by atoms with Crippen LogP contribution in [-0.4, -0.2) is 47.8 Å². The van der Waals surface area contributed by atoms with Gasteiger partial charge < -0.3 is 9.80 Å². The van der Waals surface area contributed by atoms with Crippen molar-refractivity contribution in [3.63, 3.8) is 0 Å². The van der Waals surface area contributed by atoms with Gasteiger partial charge in [-0.3, -0.25) is 9.59 Å². The molecule has 2 aromatic carbocycles. The van der Waals surface area contributed by atoms with E-state index in [4.69, 9.17) is 0 Å². The molecule has 1 aliphatic rings. The normalized spacial score (nSPS) is 14.5. The molecule has 4 nitrogen and oxygen atoms in total. The molecule has 0 aliphatic carbocycles. The van der Waals surface area contributed by atoms with E-state index in [1.54, 1.807) is 6.07 Å². The number of halogens is 3. The molecular formula is C18H15F3N2O2. The van der Waals surface area contributed by atoms with Crippen LogP contribution >= 0.6 is 0 Å². The van der Waals surface area contributed by atoms with Crippen LogP contribution in [0.5, 0.6) is 0 Å². The number of amides is 2. The minimum Gasteiger partial charge on any atom is -0.335 e. The summed E-state index contributed by atoms with van der Waals surface area (Å²) in [5, 5.41) is 0. The first-order valence-electron chi connectivity index (χ1n) is 7.75. The van der Waals surface area contributed by atoms with Crippen molar-refractivity contribution >= 4 is 11.8 Å². The number of carbonyl (C=O) groups excluding carboxylic acids is 2. The Hall–Kier alpha value is -2.83. The lowest BCUT2D eigenvalue weighted by Crippen LogP contribution is -2.50. The van der Waals surface area contributed by atoms with Gasteiger partial charge in [0.05, 0.1) is 11.1 Å². The molecule has 1 saturated heterocycles. The first-order chi connectivity index (χ1) is 12.0. The number of carbonyl (C=O) groups is 2. The summed E-state index contributed by atoms with van der Waals surface area (Å²) >= 11 is 0. The number of rotatable bonds is 2. The molecule has 0 spiro atoms. The van der Waals surface area contributed by atoms with E-state index in [1.807, 2.05) is 0 Å². The quantitative estimate of drug-likeness (QED) is 0.837. The molecule has 1 heterocycles. The molecule has 7 heteroatoms. The van der Waals surface area contributed by atoms with E-state index >= 15 is 0 Å². The van der Waals surface area contributed by atoms with Crippen LogP contribution in [0, 0.1) is 17.5 Å². The number of benzene rings is 2. The summed E-state index contributed by atoms with van der Waals surface area (Å²) in [6.45, 7) is 0.704. The third-order valence-electron chi connectivity index (χ3n) is 4.12. The molecule has 2 aromatic rings. The second-order valence-corrected chi connectivity index (χ2v) is 5.69. The van der Waals surface area contributed by atoms with Gasteiger partial charge in [-0.05, 0) is 30.3 Å². The number of hydrogen-bond donors (Lipinski definition) is 0. The molecule has 2 amide bonds. The predicted molar refractivity (Wildman–Crippen MR) is 84.6 cm³/mol. The highest BCUT2D eigenvalue weighted by Crippen LogP contribution is 2.16. The standard InChI is InChI=1S/C18H15F3N2O2/c19-12-5-6-16(21)14(11-12)18(25)23-9-7-22(8-10-23)17(24)13-3-1-2-4-15(13)20/h1-6,11H,7-10H2. The van der Waals surface area contributed by atoms with Crippen molar-refractivity contribution in [2.75, 3.05) is 26.2 Å². The predicted octanol–water partition coefficient (Wildman–Crippen LogP) is 2.70. The first-order valence-corrected chi connectivity index (χ1v) is 7.75. The Bertz CT molecular complexity index is 818. The molecular weight excluding hydrogens is 333 g/mol. The Morgan fingerprint density at radius 1 is 0.720 bits per heavy atom. The fraction of sp³-hybridized carbons (Fsp3) is 0.222. The molecule has 3 rings (SSSR count). The molecule has 0 radical (unpaired) electrons. The van der Waals surface area contributed by atoms with E-state index in [0.717, 1.165) is 18.2 Å². The monoisotopic (exact) mass is 348 g/mol. The van der Waals surface area contributed by atoms with Crippen LogP contribution in [-0.2, 0) is 0 Å². The van der Waals surface area contributed by atoms with Crippen molar-refractivity contribution in [3.05, 3.63) is 71.0 Å². The van der Waals surface area contributed by atoms with Crippen molar-refractivity contribution in [3.8, 4) is 0 Å². The lowest BCUT2D eigenvalue weighted by molar-refractivity contribution is 0.0530. The number of nitrogens with zero attached hydrogens (tertiary/aromatic N) is 2. The molecule has 0 saturated carbocycles. The molecule has 25 heavy (non-hydrogen) atoms. The van der Waals surface area contributed by atoms with Gasteiger partial charge in [-0.15, -0.1) is 0 Å². The van der Waals surface area contributed by atoms with Crippen LogP contribution < -0.4 is 0 Å². The van der Waals surface area contributed by atoms with Crippen LogP contribution in [0.1, 0.15) is 20.7 Å². The zero-order valence-electron chi connectivity index (χ0n) is 13.2. The van der Waals surface area contributed by atoms with E-state index < -0.39 is 29.3 Å². The zero-order valence-corrected chi connectivity index (χ0v) is 13.2. The van der Waals surface area contributed by atoms with Crippen LogP contribution in [0.3, 0.4) is 0 Å². The summed E-state index contributed by atoms with van der Waals surface area (Å²) in [6, 6.07) is 8.38. The highest BCUT2D eigenvalue weighted by Gasteiger charge is 2.27. The first kappa shape index (κ1) is 17.0. The summed E-state index contributed by atoms with van der Waals surface area (Å²) in [7, 11) is 0. The third-order valence-corrected chi connectivity index (χ3v) is 4.12. The SMILES string of the molecule is O=C(c1ccccc1F)N1CCN(C(=O)c2cc(F)ccc2F)CC1. The summed E-state index contributed by atoms with van der Waals surface area (Å²) in [5.74, 6) is -3.18. The van der Waals surface area contributed by atoms with Gasteiger partial charge in [0.2, 0.25) is 0 Å². The van der Waals surface area contributed by atoms with Gasteiger partial charge in [0, 0.05) is 26.2 Å². The molecule has 1 fully saturated rings. The van der Waals surface area contributed by atoms with Crippen molar-refractivity contribution in [1.82, 2.24) is 9.80 Å². The maximum absolute atomic E-state index is 13.7. The van der Waals surface area contributed by atoms with Crippen molar-refractivity contribution < 1.29 is 22.8 Å². The topological polar surface area (TPSA) is 40.6 Å². The van der Waals surface area contributed by atoms with Crippen molar-refractivity contribution in [2.24, 2.45) is 0 Å². The maximum atomic E-state index is 13.7. The Morgan fingerprint density at radius 3 is 1.84 bits per heavy atom. The molecule has 130 valence electrons. The molecule has 0 N–H and O–H groups in total. The maximum Gasteiger partial charge on any atom is 0.257 e. The lowest BCUT2D eigenvalue weighted by atomic mass is 10.1. The average Bonchev–Trinajstić information content (AvgIpc) is 2.63. The zero-order chi connectivity index (χ0) is 18.0. The number of hydrogen-bond acceptors (Lipinski definition) is 2. The van der Waals surface area contributed by atoms with E-state index in [0.29, 0.717) is 0 Å². The van der Waals surface area contributed by atoms with Gasteiger partial charge >= 0.3 is 0 Å². The average molecular weight is 348 g/mol. The van der Waals surface area contributed by atoms with Crippen LogP contribution in [0.2, 0.25) is 0 Å². The van der Waals surface area contributed by atoms with E-state index in [-0.39, 0.29) is 37.3 Å². The van der Waals surface area contributed by atoms with Gasteiger partial charge in [0.1, 0.15) is 17.5 Å². The molecule has 0 aromatic heterocycles. The largest absolute Gasteiger partial charge is 0.335 e. The molecule has 0 atom stereocenters. The summed E-state index contributed by atoms with van der Waals surface area (Å²) < 4.78 is 40.7. The summed E-state index contributed by atoms with van der Waals surface area (Å²) in [6.07, 6.45) is 0. The van der Waals surface area contributed by atoms with Crippen LogP contribution in [0.4, 0.5) is 13.2 Å². The van der Waals surface area contributed by atoms with Gasteiger partial charge in [-0.2, -0.15) is 0 Å². The lowest BCUT2D eigenvalue weighted by Gasteiger charge is -2.35. The highest BCUT2D eigenvalue weighted by atomic mass is 19.1. The minimum absolute atomic E-state index is 0.0292. The Labute approximate surface area is 142 Å². The summed E-state index contributed by atoms with van der Waals surface area (Å²) in [5.41, 5.74) is -0.368. The van der Waals surface area contributed by atoms with E-state index in [2.05, 4.69) is 0 Å². The van der Waals surface area contributed by atoms with E-state index in [9.17, 15) is 22.8 Å². The van der Waals surface area contributed by atoms with Crippen molar-refractivity contribution in [2.45, 2.75) is 0 Å². The molecule has 1 aliphatic heterocycles. The fourth-order valence-electron chi connectivity index (χ4n) is 2.75. The van der Waals surface area contributed by atoms with Crippen LogP contribution in [0.25, 0.3) is 0 Å². The minimum atomic E-state index is -0.795. The van der Waals surface area contributed by atoms with Gasteiger partial charge in [0.15, 0.2) is 0 Å². The smallest absolute Gasteiger partial charge is 0.257 e. The van der Waals surface area contributed by atoms with Gasteiger partial charge in [0.25, 0.3) is 11.8 Å². The molecule has 0 bridgehead atoms. The Morgan fingerprint density at radius 2 is 1.24 bits per heavy atom. The van der Waals surface area contributed by atoms with E-state index in [1.165, 1.54) is 28.0 Å². The second kappa shape index (κ2) is 6.96. The Kier molecular flexibility index (Phi) is 4.74. The Balaban J connectivity index is 1.68. The number of piperazine rings is 1. The molecule has 0 unspecified atom stereocenters. The summed E-state index contributed by atoms with van der Waals surface area (Å²) in [4.78, 5) is 27.5. The second-order valence-electron chi connectivity index (χ2n) is 5.69. The van der Waals surface area contributed by atoms with Gasteiger partial charge in [-0.25, -0.2) is 13.2 Å². The highest BCUT2D eigenvalue weighted by molar-refractivity contribution is 5.96.